The van der Waals surface area contributed by atoms with Gasteiger partial charge in [-0.25, -0.2) is 0 Å². The first-order valence-corrected chi connectivity index (χ1v) is 3.71. The highest BCUT2D eigenvalue weighted by Crippen LogP contribution is 2.45. The molecule has 0 unspecified atom stereocenters. The van der Waals surface area contributed by atoms with Crippen LogP contribution >= 0.6 is 0 Å². The Labute approximate surface area is 62.4 Å². The Kier molecular flexibility index (Phi) is 2.34. The highest BCUT2D eigenvalue weighted by Gasteiger charge is 2.35. The summed E-state index contributed by atoms with van der Waals surface area (Å²) in [7, 11) is 0. The van der Waals surface area contributed by atoms with Gasteiger partial charge in [-0.3, -0.25) is 0 Å². The normalized spacial score (nSPS) is 20.6. The van der Waals surface area contributed by atoms with Gasteiger partial charge in [-0.2, -0.15) is 0 Å². The molecule has 0 saturated heterocycles. The molecule has 1 aliphatic carbocycles. The number of hydrogen-bond acceptors (Lipinski definition) is 1. The first kappa shape index (κ1) is 7.63. The molecule has 55 valence electrons. The van der Waals surface area contributed by atoms with Crippen LogP contribution < -0.4 is 0 Å². The average Bonchev–Trinajstić information content (AvgIpc) is 1.87. The van der Waals surface area contributed by atoms with Crippen LogP contribution in [0.3, 0.4) is 0 Å². The van der Waals surface area contributed by atoms with Crippen LogP contribution in [0.1, 0.15) is 32.6 Å². The first-order valence-electron chi connectivity index (χ1n) is 3.71. The number of rotatable bonds is 2. The predicted molar refractivity (Wildman–Crippen MR) is 40.6 cm³/mol. The van der Waals surface area contributed by atoms with E-state index in [0.29, 0.717) is 0 Å². The Morgan fingerprint density at radius 2 is 2.30 bits per heavy atom. The molecular formula is C9H13O. The molecule has 0 atom stereocenters. The van der Waals surface area contributed by atoms with Crippen molar-refractivity contribution in [2.75, 3.05) is 0 Å². The molecule has 0 aromatic heterocycles. The van der Waals surface area contributed by atoms with Crippen molar-refractivity contribution < 1.29 is 5.11 Å². The second kappa shape index (κ2) is 3.07. The van der Waals surface area contributed by atoms with Gasteiger partial charge in [-0.1, -0.05) is 6.42 Å². The van der Waals surface area contributed by atoms with Gasteiger partial charge >= 0.3 is 0 Å². The van der Waals surface area contributed by atoms with Crippen LogP contribution in [-0.2, 0) is 0 Å². The summed E-state index contributed by atoms with van der Waals surface area (Å²) in [5, 5.41) is 8.87. The van der Waals surface area contributed by atoms with Crippen molar-refractivity contribution in [2.24, 2.45) is 5.41 Å². The molecule has 1 fully saturated rings. The van der Waals surface area contributed by atoms with Crippen LogP contribution in [0, 0.1) is 23.9 Å². The molecule has 0 aromatic rings. The van der Waals surface area contributed by atoms with Gasteiger partial charge in [0, 0.05) is 11.8 Å². The zero-order valence-corrected chi connectivity index (χ0v) is 6.35. The summed E-state index contributed by atoms with van der Waals surface area (Å²) in [6, 6.07) is 0. The van der Waals surface area contributed by atoms with Gasteiger partial charge in [0.25, 0.3) is 0 Å². The average molecular weight is 137 g/mol. The first-order chi connectivity index (χ1) is 4.83. The molecule has 1 radical (unpaired) electrons. The van der Waals surface area contributed by atoms with Crippen LogP contribution in [0.2, 0.25) is 0 Å². The lowest BCUT2D eigenvalue weighted by molar-refractivity contribution is 0.108. The molecule has 10 heavy (non-hydrogen) atoms. The molecule has 1 saturated carbocycles. The standard InChI is InChI=1S/C9H13O/c1-2-3-5-9(8-10)6-4-7-9/h8,10H,4-7H2,1H3. The van der Waals surface area contributed by atoms with Crippen molar-refractivity contribution in [3.8, 4) is 11.8 Å². The Balaban J connectivity index is 2.38. The van der Waals surface area contributed by atoms with E-state index in [1.807, 2.05) is 6.92 Å². The molecular weight excluding hydrogens is 124 g/mol. The van der Waals surface area contributed by atoms with Gasteiger partial charge in [0.15, 0.2) is 0 Å². The van der Waals surface area contributed by atoms with Crippen molar-refractivity contribution in [1.29, 1.82) is 0 Å². The fraction of sp³-hybridized carbons (Fsp3) is 0.667. The second-order valence-electron chi connectivity index (χ2n) is 2.95. The lowest BCUT2D eigenvalue weighted by Gasteiger charge is -2.38. The molecule has 0 aliphatic heterocycles. The minimum Gasteiger partial charge on any atom is -0.390 e. The summed E-state index contributed by atoms with van der Waals surface area (Å²) < 4.78 is 0. The topological polar surface area (TPSA) is 20.2 Å². The maximum Gasteiger partial charge on any atom is 0.0870 e. The summed E-state index contributed by atoms with van der Waals surface area (Å²) in [6.45, 7) is 3.17. The van der Waals surface area contributed by atoms with E-state index >= 15 is 0 Å². The molecule has 1 heteroatoms. The summed E-state index contributed by atoms with van der Waals surface area (Å²) >= 11 is 0. The number of aliphatic hydroxyl groups excluding tert-OH is 1. The smallest absolute Gasteiger partial charge is 0.0870 e. The van der Waals surface area contributed by atoms with Crippen molar-refractivity contribution in [3.05, 3.63) is 6.61 Å². The second-order valence-corrected chi connectivity index (χ2v) is 2.95. The predicted octanol–water partition coefficient (Wildman–Crippen LogP) is 2.10. The quantitative estimate of drug-likeness (QED) is 0.578. The summed E-state index contributed by atoms with van der Waals surface area (Å²) in [5.41, 5.74) is 0.0724. The molecule has 0 spiro atoms. The SMILES string of the molecule is CC#CCC1([CH]O)CCC1. The van der Waals surface area contributed by atoms with E-state index in [-0.39, 0.29) is 5.41 Å². The third-order valence-electron chi connectivity index (χ3n) is 2.24. The van der Waals surface area contributed by atoms with Crippen LogP contribution in [0.5, 0.6) is 0 Å². The van der Waals surface area contributed by atoms with Crippen molar-refractivity contribution >= 4 is 0 Å². The Hall–Kier alpha value is -0.480. The van der Waals surface area contributed by atoms with Gasteiger partial charge in [-0.15, -0.1) is 11.8 Å². The minimum atomic E-state index is 0.0724. The van der Waals surface area contributed by atoms with Crippen LogP contribution in [0.15, 0.2) is 0 Å². The van der Waals surface area contributed by atoms with E-state index in [4.69, 9.17) is 5.11 Å². The third-order valence-corrected chi connectivity index (χ3v) is 2.24. The molecule has 0 amide bonds. The largest absolute Gasteiger partial charge is 0.390 e. The van der Waals surface area contributed by atoms with Gasteiger partial charge in [-0.05, 0) is 19.8 Å². The van der Waals surface area contributed by atoms with Crippen LogP contribution in [-0.4, -0.2) is 5.11 Å². The Morgan fingerprint density at radius 3 is 2.60 bits per heavy atom. The monoisotopic (exact) mass is 137 g/mol. The summed E-state index contributed by atoms with van der Waals surface area (Å²) in [4.78, 5) is 0. The number of hydrogen-bond donors (Lipinski definition) is 1. The minimum absolute atomic E-state index is 0.0724. The van der Waals surface area contributed by atoms with Gasteiger partial charge in [0.1, 0.15) is 0 Å². The van der Waals surface area contributed by atoms with Crippen LogP contribution in [0.25, 0.3) is 0 Å². The fourth-order valence-corrected chi connectivity index (χ4v) is 1.25. The van der Waals surface area contributed by atoms with Crippen molar-refractivity contribution in [3.63, 3.8) is 0 Å². The van der Waals surface area contributed by atoms with Gasteiger partial charge in [0.05, 0.1) is 6.61 Å². The van der Waals surface area contributed by atoms with Crippen molar-refractivity contribution in [1.82, 2.24) is 0 Å². The van der Waals surface area contributed by atoms with Crippen molar-refractivity contribution in [2.45, 2.75) is 32.6 Å². The molecule has 1 aliphatic rings. The summed E-state index contributed by atoms with van der Waals surface area (Å²) in [5.74, 6) is 5.85. The van der Waals surface area contributed by atoms with Gasteiger partial charge in [0.2, 0.25) is 0 Å². The lowest BCUT2D eigenvalue weighted by atomic mass is 9.67. The van der Waals surface area contributed by atoms with E-state index < -0.39 is 0 Å². The fourth-order valence-electron chi connectivity index (χ4n) is 1.25. The highest BCUT2D eigenvalue weighted by atomic mass is 16.3. The zero-order valence-electron chi connectivity index (χ0n) is 6.35. The lowest BCUT2D eigenvalue weighted by Crippen LogP contribution is -2.29. The molecule has 0 bridgehead atoms. The van der Waals surface area contributed by atoms with E-state index in [0.717, 1.165) is 19.3 Å². The highest BCUT2D eigenvalue weighted by molar-refractivity contribution is 5.06. The molecule has 0 heterocycles. The van der Waals surface area contributed by atoms with E-state index in [2.05, 4.69) is 11.8 Å². The van der Waals surface area contributed by atoms with Gasteiger partial charge < -0.3 is 5.11 Å². The zero-order chi connectivity index (χ0) is 7.45. The Bertz CT molecular complexity index is 152. The van der Waals surface area contributed by atoms with E-state index in [9.17, 15) is 0 Å². The molecule has 1 nitrogen and oxygen atoms in total. The summed E-state index contributed by atoms with van der Waals surface area (Å²) in [6.07, 6.45) is 4.29. The molecule has 1 N–H and O–H groups in total. The Morgan fingerprint density at radius 1 is 1.60 bits per heavy atom. The molecule has 1 rings (SSSR count). The maximum absolute atomic E-state index is 8.87. The van der Waals surface area contributed by atoms with E-state index in [1.54, 1.807) is 0 Å². The number of aliphatic hydroxyl groups is 1. The maximum atomic E-state index is 8.87. The third kappa shape index (κ3) is 1.33. The molecule has 0 aromatic carbocycles. The van der Waals surface area contributed by atoms with E-state index in [1.165, 1.54) is 13.0 Å². The van der Waals surface area contributed by atoms with Crippen LogP contribution in [0.4, 0.5) is 0 Å².